The van der Waals surface area contributed by atoms with Crippen molar-refractivity contribution in [3.8, 4) is 22.7 Å². The average Bonchev–Trinajstić information content (AvgIpc) is 3.30. The highest BCUT2D eigenvalue weighted by molar-refractivity contribution is 6.30. The van der Waals surface area contributed by atoms with Gasteiger partial charge < -0.3 is 14.8 Å². The Hall–Kier alpha value is -4.10. The van der Waals surface area contributed by atoms with E-state index in [-0.39, 0.29) is 24.8 Å². The molecule has 1 N–H and O–H groups in total. The number of rotatable bonds is 8. The number of halogens is 1. The number of nitrogens with zero attached hydrogens (tertiary/aromatic N) is 2. The van der Waals surface area contributed by atoms with Crippen LogP contribution < -0.4 is 10.1 Å². The second-order valence-electron chi connectivity index (χ2n) is 7.76. The van der Waals surface area contributed by atoms with Crippen molar-refractivity contribution in [2.75, 3.05) is 18.5 Å². The lowest BCUT2D eigenvalue weighted by Gasteiger charge is -2.11. The van der Waals surface area contributed by atoms with Crippen LogP contribution in [0.3, 0.4) is 0 Å². The molecule has 0 bridgehead atoms. The Bertz CT molecular complexity index is 1350. The zero-order valence-electron chi connectivity index (χ0n) is 19.3. The van der Waals surface area contributed by atoms with Gasteiger partial charge in [-0.1, -0.05) is 35.9 Å². The van der Waals surface area contributed by atoms with Gasteiger partial charge in [-0.3, -0.25) is 4.79 Å². The number of esters is 1. The van der Waals surface area contributed by atoms with E-state index in [1.807, 2.05) is 49.4 Å². The molecule has 0 atom stereocenters. The first-order valence-corrected chi connectivity index (χ1v) is 11.4. The molecule has 4 aromatic rings. The zero-order chi connectivity index (χ0) is 24.8. The van der Waals surface area contributed by atoms with Crippen LogP contribution in [0.2, 0.25) is 5.02 Å². The first-order chi connectivity index (χ1) is 16.9. The molecule has 8 heteroatoms. The second-order valence-corrected chi connectivity index (χ2v) is 8.19. The predicted molar refractivity (Wildman–Crippen MR) is 135 cm³/mol. The quantitative estimate of drug-likeness (QED) is 0.321. The molecule has 0 aliphatic carbocycles. The van der Waals surface area contributed by atoms with E-state index in [0.717, 1.165) is 16.8 Å². The van der Waals surface area contributed by atoms with Crippen LogP contribution >= 0.6 is 11.6 Å². The van der Waals surface area contributed by atoms with Gasteiger partial charge in [-0.2, -0.15) is 5.10 Å². The smallest absolute Gasteiger partial charge is 0.358 e. The summed E-state index contributed by atoms with van der Waals surface area (Å²) >= 11 is 5.87. The molecule has 0 saturated heterocycles. The first kappa shape index (κ1) is 24.0. The summed E-state index contributed by atoms with van der Waals surface area (Å²) in [5.74, 6) is -0.257. The number of carbonyl (C=O) groups excluding carboxylic acids is 2. The van der Waals surface area contributed by atoms with Gasteiger partial charge in [0, 0.05) is 16.3 Å². The normalized spacial score (nSPS) is 10.6. The number of hydrogen-bond donors (Lipinski definition) is 1. The number of aromatic nitrogens is 2. The lowest BCUT2D eigenvalue weighted by molar-refractivity contribution is -0.118. The van der Waals surface area contributed by atoms with Crippen LogP contribution in [0.25, 0.3) is 16.9 Å². The Morgan fingerprint density at radius 2 is 1.77 bits per heavy atom. The molecule has 3 aromatic carbocycles. The van der Waals surface area contributed by atoms with Gasteiger partial charge >= 0.3 is 5.97 Å². The Morgan fingerprint density at radius 1 is 1.00 bits per heavy atom. The summed E-state index contributed by atoms with van der Waals surface area (Å²) in [6.07, 6.45) is 0. The molecule has 1 heterocycles. The van der Waals surface area contributed by atoms with E-state index in [1.165, 1.54) is 0 Å². The average molecular weight is 490 g/mol. The summed E-state index contributed by atoms with van der Waals surface area (Å²) in [5.41, 5.74) is 4.11. The molecule has 178 valence electrons. The van der Waals surface area contributed by atoms with Crippen molar-refractivity contribution < 1.29 is 19.1 Å². The van der Waals surface area contributed by atoms with Crippen LogP contribution in [0, 0.1) is 6.92 Å². The molecule has 0 radical (unpaired) electrons. The fourth-order valence-corrected chi connectivity index (χ4v) is 3.61. The molecule has 0 aliphatic rings. The van der Waals surface area contributed by atoms with Crippen molar-refractivity contribution in [2.24, 2.45) is 0 Å². The van der Waals surface area contributed by atoms with Gasteiger partial charge in [-0.25, -0.2) is 9.48 Å². The highest BCUT2D eigenvalue weighted by atomic mass is 35.5. The van der Waals surface area contributed by atoms with Gasteiger partial charge in [0.2, 0.25) is 0 Å². The lowest BCUT2D eigenvalue weighted by Crippen LogP contribution is -2.20. The molecule has 0 unspecified atom stereocenters. The number of ether oxygens (including phenoxy) is 2. The molecular weight excluding hydrogens is 466 g/mol. The Balaban J connectivity index is 1.58. The maximum absolute atomic E-state index is 12.5. The van der Waals surface area contributed by atoms with Crippen LogP contribution in [0.15, 0.2) is 78.9 Å². The maximum Gasteiger partial charge on any atom is 0.358 e. The van der Waals surface area contributed by atoms with Crippen LogP contribution in [0.5, 0.6) is 5.75 Å². The predicted octanol–water partition coefficient (Wildman–Crippen LogP) is 5.70. The van der Waals surface area contributed by atoms with E-state index in [4.69, 9.17) is 21.1 Å². The molecule has 0 spiro atoms. The highest BCUT2D eigenvalue weighted by Gasteiger charge is 2.18. The minimum atomic E-state index is -0.496. The fourth-order valence-electron chi connectivity index (χ4n) is 3.48. The lowest BCUT2D eigenvalue weighted by atomic mass is 10.1. The van der Waals surface area contributed by atoms with Gasteiger partial charge in [0.25, 0.3) is 5.91 Å². The Kier molecular flexibility index (Phi) is 7.48. The summed E-state index contributed by atoms with van der Waals surface area (Å²) in [6, 6.07) is 23.6. The van der Waals surface area contributed by atoms with E-state index in [1.54, 1.807) is 48.0 Å². The summed E-state index contributed by atoms with van der Waals surface area (Å²) in [5, 5.41) is 7.93. The maximum atomic E-state index is 12.5. The van der Waals surface area contributed by atoms with E-state index in [0.29, 0.717) is 22.2 Å². The summed E-state index contributed by atoms with van der Waals surface area (Å²) in [7, 11) is 0. The third kappa shape index (κ3) is 6.07. The van der Waals surface area contributed by atoms with Crippen molar-refractivity contribution in [3.05, 3.63) is 95.1 Å². The number of hydrogen-bond acceptors (Lipinski definition) is 5. The minimum Gasteiger partial charge on any atom is -0.484 e. The van der Waals surface area contributed by atoms with Crippen molar-refractivity contribution in [1.29, 1.82) is 0 Å². The van der Waals surface area contributed by atoms with E-state index >= 15 is 0 Å². The molecule has 1 amide bonds. The van der Waals surface area contributed by atoms with Crippen molar-refractivity contribution in [2.45, 2.75) is 13.8 Å². The monoisotopic (exact) mass is 489 g/mol. The van der Waals surface area contributed by atoms with Crippen molar-refractivity contribution in [1.82, 2.24) is 9.78 Å². The number of benzene rings is 3. The molecule has 0 aliphatic heterocycles. The number of amides is 1. The van der Waals surface area contributed by atoms with Gasteiger partial charge in [-0.05, 0) is 74.0 Å². The number of carbonyl (C=O) groups is 2. The minimum absolute atomic E-state index is 0.153. The van der Waals surface area contributed by atoms with Crippen LogP contribution in [-0.2, 0) is 9.53 Å². The van der Waals surface area contributed by atoms with Crippen LogP contribution in [0.1, 0.15) is 23.0 Å². The summed E-state index contributed by atoms with van der Waals surface area (Å²) < 4.78 is 12.4. The molecule has 4 rings (SSSR count). The number of nitrogens with one attached hydrogen (secondary N) is 1. The first-order valence-electron chi connectivity index (χ1n) is 11.1. The molecule has 7 nitrogen and oxygen atoms in total. The molecular formula is C27H24ClN3O4. The second kappa shape index (κ2) is 10.9. The molecule has 35 heavy (non-hydrogen) atoms. The standard InChI is InChI=1S/C27H24ClN3O4/c1-3-34-27(33)24-16-25(31(30-24)22-9-4-6-18(2)14-22)19-7-5-8-21(15-19)29-26(32)17-35-23-12-10-20(28)11-13-23/h4-16H,3,17H2,1-2H3,(H,29,32). The van der Waals surface area contributed by atoms with Crippen molar-refractivity contribution in [3.63, 3.8) is 0 Å². The summed E-state index contributed by atoms with van der Waals surface area (Å²) in [4.78, 5) is 24.8. The van der Waals surface area contributed by atoms with E-state index < -0.39 is 5.97 Å². The third-order valence-corrected chi connectivity index (χ3v) is 5.32. The largest absolute Gasteiger partial charge is 0.484 e. The highest BCUT2D eigenvalue weighted by Crippen LogP contribution is 2.27. The van der Waals surface area contributed by atoms with Gasteiger partial charge in [0.15, 0.2) is 12.3 Å². The number of anilines is 1. The third-order valence-electron chi connectivity index (χ3n) is 5.07. The summed E-state index contributed by atoms with van der Waals surface area (Å²) in [6.45, 7) is 3.84. The molecule has 1 aromatic heterocycles. The van der Waals surface area contributed by atoms with E-state index in [2.05, 4.69) is 10.4 Å². The van der Waals surface area contributed by atoms with Gasteiger partial charge in [0.05, 0.1) is 18.0 Å². The van der Waals surface area contributed by atoms with Gasteiger partial charge in [-0.15, -0.1) is 0 Å². The molecule has 0 saturated carbocycles. The Labute approximate surface area is 208 Å². The number of aryl methyl sites for hydroxylation is 1. The Morgan fingerprint density at radius 3 is 2.51 bits per heavy atom. The van der Waals surface area contributed by atoms with E-state index in [9.17, 15) is 9.59 Å². The van der Waals surface area contributed by atoms with Gasteiger partial charge in [0.1, 0.15) is 5.75 Å². The van der Waals surface area contributed by atoms with Crippen molar-refractivity contribution >= 4 is 29.2 Å². The van der Waals surface area contributed by atoms with Crippen LogP contribution in [0.4, 0.5) is 5.69 Å². The van der Waals surface area contributed by atoms with Crippen LogP contribution in [-0.4, -0.2) is 34.9 Å². The zero-order valence-corrected chi connectivity index (χ0v) is 20.1. The molecule has 0 fully saturated rings. The SMILES string of the molecule is CCOC(=O)c1cc(-c2cccc(NC(=O)COc3ccc(Cl)cc3)c2)n(-c2cccc(C)c2)n1. The fraction of sp³-hybridized carbons (Fsp3) is 0.148. The topological polar surface area (TPSA) is 82.5 Å².